The van der Waals surface area contributed by atoms with E-state index in [0.717, 1.165) is 61.3 Å². The maximum atomic E-state index is 5.22. The van der Waals surface area contributed by atoms with Crippen molar-refractivity contribution in [3.05, 3.63) is 145 Å². The Morgan fingerprint density at radius 2 is 1.28 bits per heavy atom. The van der Waals surface area contributed by atoms with Crippen LogP contribution in [-0.4, -0.2) is 14.5 Å². The molecule has 5 aromatic carbocycles. The van der Waals surface area contributed by atoms with Gasteiger partial charge in [0.2, 0.25) is 5.95 Å². The fourth-order valence-corrected chi connectivity index (χ4v) is 6.66. The van der Waals surface area contributed by atoms with Gasteiger partial charge in [0.05, 0.1) is 28.1 Å². The minimum Gasteiger partial charge on any atom is -0.354 e. The third-order valence-electron chi connectivity index (χ3n) is 8.79. The molecular formula is C39H30N4. The van der Waals surface area contributed by atoms with Crippen LogP contribution in [0.3, 0.4) is 0 Å². The molecule has 0 saturated carbocycles. The summed E-state index contributed by atoms with van der Waals surface area (Å²) in [6.07, 6.45) is 1.98. The van der Waals surface area contributed by atoms with E-state index in [1.165, 1.54) is 11.1 Å². The zero-order valence-electron chi connectivity index (χ0n) is 24.2. The van der Waals surface area contributed by atoms with Crippen LogP contribution < -0.4 is 5.32 Å². The summed E-state index contributed by atoms with van der Waals surface area (Å²) in [5, 5.41) is 6.10. The predicted octanol–water partition coefficient (Wildman–Crippen LogP) is 9.93. The summed E-state index contributed by atoms with van der Waals surface area (Å²) in [7, 11) is 0. The summed E-state index contributed by atoms with van der Waals surface area (Å²) >= 11 is 0. The summed E-state index contributed by atoms with van der Waals surface area (Å²) < 4.78 is 2.22. The number of nitrogens with zero attached hydrogens (tertiary/aromatic N) is 3. The summed E-state index contributed by atoms with van der Waals surface area (Å²) in [6.45, 7) is 8.95. The second kappa shape index (κ2) is 9.53. The molecule has 4 heteroatoms. The van der Waals surface area contributed by atoms with Gasteiger partial charge in [0.1, 0.15) is 0 Å². The number of hydrogen-bond donors (Lipinski definition) is 1. The molecule has 2 aromatic heterocycles. The van der Waals surface area contributed by atoms with Crippen molar-refractivity contribution in [2.75, 3.05) is 5.32 Å². The van der Waals surface area contributed by atoms with Crippen molar-refractivity contribution in [3.63, 3.8) is 0 Å². The van der Waals surface area contributed by atoms with Gasteiger partial charge in [0, 0.05) is 38.6 Å². The lowest BCUT2D eigenvalue weighted by Gasteiger charge is -2.36. The molecule has 7 aromatic rings. The Balaban J connectivity index is 1.49. The van der Waals surface area contributed by atoms with E-state index in [2.05, 4.69) is 115 Å². The molecule has 206 valence electrons. The van der Waals surface area contributed by atoms with Gasteiger partial charge in [0.25, 0.3) is 0 Å². The van der Waals surface area contributed by atoms with E-state index in [1.54, 1.807) is 0 Å². The normalized spacial score (nSPS) is 13.3. The van der Waals surface area contributed by atoms with Gasteiger partial charge < -0.3 is 5.32 Å². The average molecular weight is 555 g/mol. The first-order chi connectivity index (χ1) is 21.0. The number of aromatic nitrogens is 3. The van der Waals surface area contributed by atoms with E-state index >= 15 is 0 Å². The third kappa shape index (κ3) is 3.84. The van der Waals surface area contributed by atoms with E-state index in [9.17, 15) is 0 Å². The van der Waals surface area contributed by atoms with Crippen molar-refractivity contribution < 1.29 is 0 Å². The molecule has 0 saturated heterocycles. The highest BCUT2D eigenvalue weighted by atomic mass is 15.2. The van der Waals surface area contributed by atoms with Gasteiger partial charge in [-0.2, -0.15) is 0 Å². The predicted molar refractivity (Wildman–Crippen MR) is 179 cm³/mol. The molecule has 0 bridgehead atoms. The van der Waals surface area contributed by atoms with Crippen LogP contribution in [-0.2, 0) is 5.41 Å². The van der Waals surface area contributed by atoms with Crippen molar-refractivity contribution in [2.24, 2.45) is 0 Å². The molecule has 1 N–H and O–H groups in total. The van der Waals surface area contributed by atoms with E-state index in [0.29, 0.717) is 5.95 Å². The van der Waals surface area contributed by atoms with Crippen molar-refractivity contribution >= 4 is 39.3 Å². The van der Waals surface area contributed by atoms with Crippen molar-refractivity contribution in [1.29, 1.82) is 0 Å². The molecule has 8 rings (SSSR count). The van der Waals surface area contributed by atoms with Gasteiger partial charge in [-0.3, -0.25) is 4.57 Å². The van der Waals surface area contributed by atoms with Crippen molar-refractivity contribution in [2.45, 2.75) is 19.3 Å². The fourth-order valence-electron chi connectivity index (χ4n) is 6.66. The second-order valence-corrected chi connectivity index (χ2v) is 11.6. The highest BCUT2D eigenvalue weighted by Gasteiger charge is 2.35. The number of nitrogens with one attached hydrogen (secondary N) is 1. The van der Waals surface area contributed by atoms with Crippen LogP contribution in [0.25, 0.3) is 56.3 Å². The van der Waals surface area contributed by atoms with Crippen LogP contribution in [0.15, 0.2) is 128 Å². The van der Waals surface area contributed by atoms with Crippen LogP contribution in [0.4, 0.5) is 11.4 Å². The molecule has 1 aliphatic rings. The topological polar surface area (TPSA) is 42.7 Å². The van der Waals surface area contributed by atoms with E-state index < -0.39 is 0 Å². The fraction of sp³-hybridized carbons (Fsp3) is 0.0769. The van der Waals surface area contributed by atoms with Crippen LogP contribution in [0.1, 0.15) is 30.5 Å². The van der Waals surface area contributed by atoms with Crippen LogP contribution in [0.5, 0.6) is 0 Å². The average Bonchev–Trinajstić information content (AvgIpc) is 3.39. The Labute approximate surface area is 251 Å². The number of rotatable bonds is 4. The number of anilines is 2. The molecule has 3 heterocycles. The van der Waals surface area contributed by atoms with Gasteiger partial charge in [0.15, 0.2) is 0 Å². The Morgan fingerprint density at radius 1 is 0.674 bits per heavy atom. The standard InChI is InChI=1S/C39H30N4/c1-4-27-36-31(39(2,3)30-20-12-13-21-32(30)40-36)23-29-28-19-11-14-22-35(28)43(37(27)29)38-41-33(25-15-7-5-8-16-25)24-34(42-38)26-17-9-6-10-18-26/h4-24,40H,1H2,2-3H3. The number of benzene rings is 5. The number of hydrogen-bond acceptors (Lipinski definition) is 3. The summed E-state index contributed by atoms with van der Waals surface area (Å²) in [6, 6.07) is 42.2. The first-order valence-electron chi connectivity index (χ1n) is 14.6. The van der Waals surface area contributed by atoms with Crippen molar-refractivity contribution in [3.8, 4) is 28.5 Å². The highest BCUT2D eigenvalue weighted by molar-refractivity contribution is 6.14. The maximum absolute atomic E-state index is 5.22. The first kappa shape index (κ1) is 25.2. The Hall–Kier alpha value is -5.48. The lowest BCUT2D eigenvalue weighted by Crippen LogP contribution is -2.26. The zero-order valence-corrected chi connectivity index (χ0v) is 24.2. The van der Waals surface area contributed by atoms with Gasteiger partial charge in [-0.25, -0.2) is 9.97 Å². The van der Waals surface area contributed by atoms with Gasteiger partial charge in [-0.15, -0.1) is 0 Å². The lowest BCUT2D eigenvalue weighted by atomic mass is 9.73. The Bertz CT molecular complexity index is 2130. The first-order valence-corrected chi connectivity index (χ1v) is 14.6. The largest absolute Gasteiger partial charge is 0.354 e. The SMILES string of the molecule is C=Cc1c2c(cc3c4ccccc4n(-c4nc(-c5ccccc5)cc(-c5ccccc5)n4)c13)C(C)(C)c1ccccc1N2. The van der Waals surface area contributed by atoms with E-state index in [1.807, 2.05) is 42.5 Å². The minimum absolute atomic E-state index is 0.198. The molecule has 0 atom stereocenters. The summed E-state index contributed by atoms with van der Waals surface area (Å²) in [4.78, 5) is 10.4. The summed E-state index contributed by atoms with van der Waals surface area (Å²) in [5.74, 6) is 0.630. The Kier molecular flexibility index (Phi) is 5.60. The lowest BCUT2D eigenvalue weighted by molar-refractivity contribution is 0.639. The van der Waals surface area contributed by atoms with Crippen LogP contribution in [0, 0.1) is 0 Å². The molecule has 0 spiro atoms. The quantitative estimate of drug-likeness (QED) is 0.235. The van der Waals surface area contributed by atoms with Crippen LogP contribution in [0.2, 0.25) is 0 Å². The Morgan fingerprint density at radius 3 is 1.95 bits per heavy atom. The van der Waals surface area contributed by atoms with Gasteiger partial charge in [-0.1, -0.05) is 124 Å². The molecule has 1 aliphatic heterocycles. The molecule has 43 heavy (non-hydrogen) atoms. The number of para-hydroxylation sites is 2. The summed E-state index contributed by atoms with van der Waals surface area (Å²) in [5.41, 5.74) is 11.5. The highest BCUT2D eigenvalue weighted by Crippen LogP contribution is 2.50. The minimum atomic E-state index is -0.198. The molecule has 0 amide bonds. The maximum Gasteiger partial charge on any atom is 0.235 e. The monoisotopic (exact) mass is 554 g/mol. The zero-order chi connectivity index (χ0) is 29.1. The van der Waals surface area contributed by atoms with Gasteiger partial charge >= 0.3 is 0 Å². The molecular weight excluding hydrogens is 524 g/mol. The molecule has 0 aliphatic carbocycles. The van der Waals surface area contributed by atoms with E-state index in [-0.39, 0.29) is 5.41 Å². The molecule has 0 radical (unpaired) electrons. The smallest absolute Gasteiger partial charge is 0.235 e. The van der Waals surface area contributed by atoms with Gasteiger partial charge in [-0.05, 0) is 35.4 Å². The second-order valence-electron chi connectivity index (χ2n) is 11.6. The number of fused-ring (bicyclic) bond motifs is 5. The van der Waals surface area contributed by atoms with Crippen molar-refractivity contribution in [1.82, 2.24) is 14.5 Å². The molecule has 0 unspecified atom stereocenters. The van der Waals surface area contributed by atoms with Crippen LogP contribution >= 0.6 is 0 Å². The molecule has 4 nitrogen and oxygen atoms in total. The third-order valence-corrected chi connectivity index (χ3v) is 8.79. The molecule has 0 fully saturated rings. The van der Waals surface area contributed by atoms with E-state index in [4.69, 9.17) is 9.97 Å².